The topological polar surface area (TPSA) is 104 Å². The van der Waals surface area contributed by atoms with Crippen LogP contribution in [0.25, 0.3) is 0 Å². The molecular weight excluding hydrogens is 405 g/mol. The lowest BCUT2D eigenvalue weighted by molar-refractivity contribution is -0.115. The molecule has 2 aromatic rings. The van der Waals surface area contributed by atoms with Crippen LogP contribution in [0.3, 0.4) is 0 Å². The van der Waals surface area contributed by atoms with E-state index in [2.05, 4.69) is 26.3 Å². The Kier molecular flexibility index (Phi) is 13.4. The van der Waals surface area contributed by atoms with Gasteiger partial charge in [-0.15, -0.1) is 24.8 Å². The van der Waals surface area contributed by atoms with Crippen molar-refractivity contribution in [3.8, 4) is 0 Å². The number of benzene rings is 1. The van der Waals surface area contributed by atoms with Gasteiger partial charge in [0, 0.05) is 44.0 Å². The van der Waals surface area contributed by atoms with E-state index < -0.39 is 0 Å². The fourth-order valence-corrected chi connectivity index (χ4v) is 2.11. The number of methoxy groups -OCH3 is 1. The van der Waals surface area contributed by atoms with E-state index in [4.69, 9.17) is 4.74 Å². The second kappa shape index (κ2) is 14.6. The Morgan fingerprint density at radius 1 is 1.04 bits per heavy atom. The predicted molar refractivity (Wildman–Crippen MR) is 114 cm³/mol. The van der Waals surface area contributed by atoms with Crippen LogP contribution in [0, 0.1) is 0 Å². The minimum atomic E-state index is -0.327. The van der Waals surface area contributed by atoms with Gasteiger partial charge in [0.25, 0.3) is 0 Å². The summed E-state index contributed by atoms with van der Waals surface area (Å²) in [5.74, 6) is -0.166. The third-order valence-electron chi connectivity index (χ3n) is 3.38. The molecule has 2 rings (SSSR count). The molecule has 10 heteroatoms. The zero-order valence-electron chi connectivity index (χ0n) is 15.4. The molecule has 8 nitrogen and oxygen atoms in total. The molecule has 0 bridgehead atoms. The van der Waals surface area contributed by atoms with Crippen LogP contribution in [0.4, 0.5) is 16.2 Å². The highest BCUT2D eigenvalue weighted by atomic mass is 35.5. The number of amides is 3. The zero-order valence-corrected chi connectivity index (χ0v) is 17.1. The van der Waals surface area contributed by atoms with Gasteiger partial charge in [0.1, 0.15) is 0 Å². The maximum absolute atomic E-state index is 12.0. The van der Waals surface area contributed by atoms with Crippen LogP contribution >= 0.6 is 24.8 Å². The molecule has 1 aromatic heterocycles. The smallest absolute Gasteiger partial charge is 0.319 e. The fourth-order valence-electron chi connectivity index (χ4n) is 2.11. The minimum absolute atomic E-state index is 0. The van der Waals surface area contributed by atoms with Crippen molar-refractivity contribution in [3.05, 3.63) is 54.4 Å². The Morgan fingerprint density at radius 3 is 2.39 bits per heavy atom. The van der Waals surface area contributed by atoms with Crippen LogP contribution in [-0.4, -0.2) is 43.7 Å². The average Bonchev–Trinajstić information content (AvgIpc) is 2.65. The molecule has 4 N–H and O–H groups in total. The van der Waals surface area contributed by atoms with Crippen LogP contribution in [0.2, 0.25) is 0 Å². The third kappa shape index (κ3) is 10.1. The van der Waals surface area contributed by atoms with Gasteiger partial charge in [0.15, 0.2) is 0 Å². The van der Waals surface area contributed by atoms with Crippen molar-refractivity contribution >= 4 is 48.1 Å². The number of ether oxygens (including phenoxy) is 1. The van der Waals surface area contributed by atoms with Crippen molar-refractivity contribution in [1.82, 2.24) is 15.6 Å². The van der Waals surface area contributed by atoms with E-state index in [-0.39, 0.29) is 43.3 Å². The lowest BCUT2D eigenvalue weighted by atomic mass is 10.2. The van der Waals surface area contributed by atoms with Crippen LogP contribution in [0.1, 0.15) is 5.56 Å². The number of anilines is 2. The summed E-state index contributed by atoms with van der Waals surface area (Å²) >= 11 is 0. The second-order valence-electron chi connectivity index (χ2n) is 5.46. The Hall–Kier alpha value is -2.39. The van der Waals surface area contributed by atoms with E-state index in [9.17, 15) is 9.59 Å². The highest BCUT2D eigenvalue weighted by molar-refractivity contribution is 5.94. The number of nitrogens with zero attached hydrogens (tertiary/aromatic N) is 1. The van der Waals surface area contributed by atoms with Gasteiger partial charge >= 0.3 is 6.03 Å². The lowest BCUT2D eigenvalue weighted by Crippen LogP contribution is -2.30. The summed E-state index contributed by atoms with van der Waals surface area (Å²) in [5, 5.41) is 11.2. The molecule has 0 radical (unpaired) electrons. The van der Waals surface area contributed by atoms with Crippen LogP contribution in [0.5, 0.6) is 0 Å². The van der Waals surface area contributed by atoms with Crippen LogP contribution < -0.4 is 21.3 Å². The zero-order chi connectivity index (χ0) is 18.6. The molecule has 0 aliphatic heterocycles. The highest BCUT2D eigenvalue weighted by Crippen LogP contribution is 2.14. The molecule has 0 unspecified atom stereocenters. The number of carbonyl (C=O) groups is 2. The minimum Gasteiger partial charge on any atom is -0.383 e. The monoisotopic (exact) mass is 429 g/mol. The number of nitrogens with one attached hydrogen (secondary N) is 4. The number of carbonyl (C=O) groups excluding carboxylic acids is 2. The van der Waals surface area contributed by atoms with Gasteiger partial charge in [-0.25, -0.2) is 4.79 Å². The standard InChI is InChI=1S/C18H23N5O3.2ClH/c1-26-10-9-20-13-17(24)22-15-3-2-4-16(11-15)23-18(25)21-12-14-5-7-19-8-6-14;;/h2-8,11,20H,9-10,12-13H2,1H3,(H,22,24)(H2,21,23,25);2*1H. The molecule has 0 saturated carbocycles. The average molecular weight is 430 g/mol. The van der Waals surface area contributed by atoms with E-state index in [1.807, 2.05) is 12.1 Å². The summed E-state index contributed by atoms with van der Waals surface area (Å²) in [5.41, 5.74) is 2.15. The predicted octanol–water partition coefficient (Wildman–Crippen LogP) is 2.42. The first-order valence-electron chi connectivity index (χ1n) is 8.20. The molecule has 0 saturated heterocycles. The molecule has 154 valence electrons. The molecule has 0 aliphatic rings. The molecule has 0 aliphatic carbocycles. The van der Waals surface area contributed by atoms with Gasteiger partial charge in [0.2, 0.25) is 5.91 Å². The van der Waals surface area contributed by atoms with Gasteiger partial charge in [-0.2, -0.15) is 0 Å². The number of hydrogen-bond acceptors (Lipinski definition) is 5. The first kappa shape index (κ1) is 25.6. The van der Waals surface area contributed by atoms with Crippen molar-refractivity contribution in [2.24, 2.45) is 0 Å². The second-order valence-corrected chi connectivity index (χ2v) is 5.46. The van der Waals surface area contributed by atoms with Crippen LogP contribution in [-0.2, 0) is 16.1 Å². The highest BCUT2D eigenvalue weighted by Gasteiger charge is 2.05. The summed E-state index contributed by atoms with van der Waals surface area (Å²) in [6.07, 6.45) is 3.34. The number of aromatic nitrogens is 1. The van der Waals surface area contributed by atoms with E-state index in [1.54, 1.807) is 43.8 Å². The number of pyridine rings is 1. The van der Waals surface area contributed by atoms with Gasteiger partial charge in [-0.1, -0.05) is 6.07 Å². The van der Waals surface area contributed by atoms with Gasteiger partial charge in [-0.3, -0.25) is 9.78 Å². The largest absolute Gasteiger partial charge is 0.383 e. The number of hydrogen-bond donors (Lipinski definition) is 4. The van der Waals surface area contributed by atoms with E-state index in [1.165, 1.54) is 0 Å². The Morgan fingerprint density at radius 2 is 1.71 bits per heavy atom. The molecule has 3 amide bonds. The third-order valence-corrected chi connectivity index (χ3v) is 3.38. The number of halogens is 2. The van der Waals surface area contributed by atoms with E-state index in [0.29, 0.717) is 31.1 Å². The van der Waals surface area contributed by atoms with Gasteiger partial charge < -0.3 is 26.0 Å². The summed E-state index contributed by atoms with van der Waals surface area (Å²) in [6.45, 7) is 1.73. The van der Waals surface area contributed by atoms with Crippen molar-refractivity contribution in [2.75, 3.05) is 37.4 Å². The number of rotatable bonds is 9. The fraction of sp³-hybridized carbons (Fsp3) is 0.278. The molecule has 1 aromatic carbocycles. The molecule has 0 spiro atoms. The Balaban J connectivity index is 0.00000364. The Bertz CT molecular complexity index is 719. The maximum Gasteiger partial charge on any atom is 0.319 e. The van der Waals surface area contributed by atoms with Gasteiger partial charge in [0.05, 0.1) is 13.2 Å². The molecular formula is C18H25Cl2N5O3. The first-order chi connectivity index (χ1) is 12.7. The van der Waals surface area contributed by atoms with Crippen molar-refractivity contribution in [1.29, 1.82) is 0 Å². The lowest BCUT2D eigenvalue weighted by Gasteiger charge is -2.10. The summed E-state index contributed by atoms with van der Waals surface area (Å²) in [6, 6.07) is 10.3. The normalized spacial score (nSPS) is 9.46. The SMILES string of the molecule is COCCNCC(=O)Nc1cccc(NC(=O)NCc2ccncc2)c1.Cl.Cl. The van der Waals surface area contributed by atoms with Crippen molar-refractivity contribution < 1.29 is 14.3 Å². The van der Waals surface area contributed by atoms with E-state index >= 15 is 0 Å². The summed E-state index contributed by atoms with van der Waals surface area (Å²) in [7, 11) is 1.60. The molecule has 1 heterocycles. The maximum atomic E-state index is 12.0. The van der Waals surface area contributed by atoms with Crippen molar-refractivity contribution in [2.45, 2.75) is 6.54 Å². The number of urea groups is 1. The first-order valence-corrected chi connectivity index (χ1v) is 8.20. The van der Waals surface area contributed by atoms with E-state index in [0.717, 1.165) is 5.56 Å². The summed E-state index contributed by atoms with van der Waals surface area (Å²) in [4.78, 5) is 27.8. The van der Waals surface area contributed by atoms with Crippen LogP contribution in [0.15, 0.2) is 48.8 Å². The molecule has 28 heavy (non-hydrogen) atoms. The van der Waals surface area contributed by atoms with Gasteiger partial charge in [-0.05, 0) is 35.9 Å². The molecule has 0 fully saturated rings. The molecule has 0 atom stereocenters. The van der Waals surface area contributed by atoms with Crippen molar-refractivity contribution in [3.63, 3.8) is 0 Å². The Labute approximate surface area is 176 Å². The quantitative estimate of drug-likeness (QED) is 0.458. The summed E-state index contributed by atoms with van der Waals surface area (Å²) < 4.78 is 4.90.